The quantitative estimate of drug-likeness (QED) is 0.639. The molecule has 0 amide bonds. The fourth-order valence-corrected chi connectivity index (χ4v) is 2.14. The number of nitrogens with one attached hydrogen (secondary N) is 1. The van der Waals surface area contributed by atoms with Crippen molar-refractivity contribution < 1.29 is 19.8 Å². The number of anilines is 1. The van der Waals surface area contributed by atoms with Crippen molar-refractivity contribution in [2.45, 2.75) is 39.3 Å². The van der Waals surface area contributed by atoms with Gasteiger partial charge in [-0.2, -0.15) is 0 Å². The summed E-state index contributed by atoms with van der Waals surface area (Å²) in [5, 5.41) is 22.3. The molecule has 6 nitrogen and oxygen atoms in total. The van der Waals surface area contributed by atoms with E-state index < -0.39 is 24.0 Å². The molecule has 0 aromatic heterocycles. The molecule has 25 heavy (non-hydrogen) atoms. The third-order valence-corrected chi connectivity index (χ3v) is 4.07. The zero-order valence-corrected chi connectivity index (χ0v) is 14.8. The molecule has 0 unspecified atom stereocenters. The summed E-state index contributed by atoms with van der Waals surface area (Å²) in [5.74, 6) is -1.69. The van der Waals surface area contributed by atoms with Gasteiger partial charge in [0.2, 0.25) is 0 Å². The van der Waals surface area contributed by atoms with Gasteiger partial charge in [0.15, 0.2) is 0 Å². The number of hydrogen-bond acceptors (Lipinski definition) is 4. The molecular formula is C19H26N2O4. The van der Waals surface area contributed by atoms with Crippen LogP contribution < -0.4 is 11.1 Å². The van der Waals surface area contributed by atoms with Crippen LogP contribution in [0.3, 0.4) is 0 Å². The summed E-state index contributed by atoms with van der Waals surface area (Å²) >= 11 is 0. The van der Waals surface area contributed by atoms with Crippen LogP contribution in [0.1, 0.15) is 27.2 Å². The maximum Gasteiger partial charge on any atom is 0.325 e. The average molecular weight is 346 g/mol. The Morgan fingerprint density at radius 1 is 1.04 bits per heavy atom. The molecule has 0 radical (unpaired) electrons. The molecule has 0 saturated carbocycles. The highest BCUT2D eigenvalue weighted by atomic mass is 16.4. The van der Waals surface area contributed by atoms with Crippen molar-refractivity contribution in [3.63, 3.8) is 0 Å². The largest absolute Gasteiger partial charge is 0.480 e. The summed E-state index contributed by atoms with van der Waals surface area (Å²) < 4.78 is 0. The van der Waals surface area contributed by atoms with Crippen molar-refractivity contribution in [2.75, 3.05) is 5.32 Å². The van der Waals surface area contributed by atoms with Gasteiger partial charge in [-0.15, -0.1) is 0 Å². The average Bonchev–Trinajstić information content (AvgIpc) is 2.61. The fourth-order valence-electron chi connectivity index (χ4n) is 2.14. The van der Waals surface area contributed by atoms with Gasteiger partial charge in [0.1, 0.15) is 12.1 Å². The summed E-state index contributed by atoms with van der Waals surface area (Å²) in [4.78, 5) is 21.0. The Morgan fingerprint density at radius 3 is 2.16 bits per heavy atom. The number of hydrogen-bond donors (Lipinski definition) is 4. The van der Waals surface area contributed by atoms with E-state index in [2.05, 4.69) is 5.32 Å². The molecule has 0 fully saturated rings. The molecule has 0 aliphatic heterocycles. The molecule has 2 rings (SSSR count). The third-order valence-electron chi connectivity index (χ3n) is 4.07. The maximum atomic E-state index is 10.8. The zero-order chi connectivity index (χ0) is 19.0. The first-order valence-corrected chi connectivity index (χ1v) is 8.23. The number of carboxylic acids is 2. The van der Waals surface area contributed by atoms with Crippen molar-refractivity contribution in [1.82, 2.24) is 0 Å². The summed E-state index contributed by atoms with van der Waals surface area (Å²) in [6.07, 6.45) is 0.813. The van der Waals surface area contributed by atoms with Crippen LogP contribution in [0.5, 0.6) is 0 Å². The lowest BCUT2D eigenvalue weighted by Gasteiger charge is -2.12. The highest BCUT2D eigenvalue weighted by molar-refractivity contribution is 5.95. The maximum absolute atomic E-state index is 10.8. The van der Waals surface area contributed by atoms with Crippen LogP contribution in [-0.2, 0) is 9.59 Å². The van der Waals surface area contributed by atoms with Gasteiger partial charge in [-0.05, 0) is 24.3 Å². The number of rotatable bonds is 6. The highest BCUT2D eigenvalue weighted by Crippen LogP contribution is 2.23. The number of benzene rings is 2. The monoisotopic (exact) mass is 346 g/mol. The van der Waals surface area contributed by atoms with E-state index >= 15 is 0 Å². The van der Waals surface area contributed by atoms with Crippen LogP contribution in [0.25, 0.3) is 10.8 Å². The van der Waals surface area contributed by atoms with Gasteiger partial charge in [0.25, 0.3) is 0 Å². The van der Waals surface area contributed by atoms with Crippen molar-refractivity contribution >= 4 is 28.4 Å². The molecular weight excluding hydrogens is 320 g/mol. The topological polar surface area (TPSA) is 113 Å². The number of nitrogens with two attached hydrogens (primary N) is 1. The van der Waals surface area contributed by atoms with Gasteiger partial charge < -0.3 is 21.3 Å². The third kappa shape index (κ3) is 6.08. The Labute approximate surface area is 147 Å². The molecule has 2 aromatic rings. The van der Waals surface area contributed by atoms with Crippen molar-refractivity contribution in [2.24, 2.45) is 11.7 Å². The van der Waals surface area contributed by atoms with E-state index in [-0.39, 0.29) is 5.92 Å². The Kier molecular flexibility index (Phi) is 7.88. The lowest BCUT2D eigenvalue weighted by atomic mass is 10.0. The lowest BCUT2D eigenvalue weighted by molar-refractivity contribution is -0.140. The Balaban J connectivity index is 0.000000299. The molecule has 5 N–H and O–H groups in total. The number of fused-ring (bicyclic) bond motifs is 1. The Morgan fingerprint density at radius 2 is 1.64 bits per heavy atom. The fraction of sp³-hybridized carbons (Fsp3) is 0.368. The second-order valence-electron chi connectivity index (χ2n) is 5.98. The molecule has 0 aliphatic carbocycles. The summed E-state index contributed by atoms with van der Waals surface area (Å²) in [7, 11) is 0. The molecule has 0 saturated heterocycles. The second-order valence-corrected chi connectivity index (χ2v) is 5.98. The number of carboxylic acid groups (broad SMARTS) is 2. The Bertz CT molecular complexity index is 712. The first-order chi connectivity index (χ1) is 11.8. The van der Waals surface area contributed by atoms with E-state index in [1.165, 1.54) is 0 Å². The van der Waals surface area contributed by atoms with Gasteiger partial charge in [-0.25, -0.2) is 0 Å². The van der Waals surface area contributed by atoms with Crippen LogP contribution in [0.2, 0.25) is 0 Å². The van der Waals surface area contributed by atoms with E-state index in [1.807, 2.05) is 56.3 Å². The Hall–Kier alpha value is -2.60. The summed E-state index contributed by atoms with van der Waals surface area (Å²) in [5.41, 5.74) is 6.13. The smallest absolute Gasteiger partial charge is 0.325 e. The van der Waals surface area contributed by atoms with Crippen LogP contribution >= 0.6 is 0 Å². The lowest BCUT2D eigenvalue weighted by Crippen LogP contribution is -2.36. The SMILES string of the molecule is CC[C@H](C)[C@H](N)C(=O)O.C[C@H](Nc1cccc2ccccc12)C(=O)O. The predicted molar refractivity (Wildman–Crippen MR) is 99.7 cm³/mol. The first kappa shape index (κ1) is 20.4. The van der Waals surface area contributed by atoms with Crippen LogP contribution in [0.4, 0.5) is 5.69 Å². The minimum atomic E-state index is -0.913. The second kappa shape index (κ2) is 9.64. The van der Waals surface area contributed by atoms with Gasteiger partial charge in [0, 0.05) is 11.1 Å². The molecule has 0 spiro atoms. The predicted octanol–water partition coefficient (Wildman–Crippen LogP) is 3.17. The van der Waals surface area contributed by atoms with Crippen molar-refractivity contribution in [3.05, 3.63) is 42.5 Å². The minimum absolute atomic E-state index is 0.0718. The number of aliphatic carboxylic acids is 2. The molecule has 3 atom stereocenters. The van der Waals surface area contributed by atoms with Gasteiger partial charge >= 0.3 is 11.9 Å². The van der Waals surface area contributed by atoms with Gasteiger partial charge in [-0.3, -0.25) is 9.59 Å². The van der Waals surface area contributed by atoms with Gasteiger partial charge in [-0.1, -0.05) is 56.7 Å². The van der Waals surface area contributed by atoms with E-state index in [0.717, 1.165) is 22.9 Å². The van der Waals surface area contributed by atoms with E-state index in [0.29, 0.717) is 0 Å². The molecule has 6 heteroatoms. The molecule has 0 heterocycles. The van der Waals surface area contributed by atoms with Crippen molar-refractivity contribution in [1.29, 1.82) is 0 Å². The molecule has 136 valence electrons. The first-order valence-electron chi connectivity index (χ1n) is 8.23. The summed E-state index contributed by atoms with van der Waals surface area (Å²) in [6.45, 7) is 5.39. The number of carbonyl (C=O) groups is 2. The van der Waals surface area contributed by atoms with Crippen LogP contribution in [0.15, 0.2) is 42.5 Å². The standard InChI is InChI=1S/C13H13NO2.C6H13NO2/c1-9(13(15)16)14-12-8-4-6-10-5-2-3-7-11(10)12;1-3-4(2)5(7)6(8)9/h2-9,14H,1H3,(H,15,16);4-5H,3,7H2,1-2H3,(H,8,9)/t9-;4-,5-/m00/s1. The highest BCUT2D eigenvalue weighted by Gasteiger charge is 2.17. The minimum Gasteiger partial charge on any atom is -0.480 e. The zero-order valence-electron chi connectivity index (χ0n) is 14.8. The van der Waals surface area contributed by atoms with Gasteiger partial charge in [0.05, 0.1) is 0 Å². The van der Waals surface area contributed by atoms with Crippen molar-refractivity contribution in [3.8, 4) is 0 Å². The summed E-state index contributed by atoms with van der Waals surface area (Å²) in [6, 6.07) is 12.4. The molecule has 0 aliphatic rings. The normalized spacial score (nSPS) is 13.9. The molecule has 2 aromatic carbocycles. The van der Waals surface area contributed by atoms with Crippen LogP contribution in [0, 0.1) is 5.92 Å². The van der Waals surface area contributed by atoms with E-state index in [4.69, 9.17) is 15.9 Å². The van der Waals surface area contributed by atoms with E-state index in [1.54, 1.807) is 6.92 Å². The molecule has 0 bridgehead atoms. The van der Waals surface area contributed by atoms with Crippen LogP contribution in [-0.4, -0.2) is 34.2 Å². The van der Waals surface area contributed by atoms with E-state index in [9.17, 15) is 9.59 Å².